The first-order chi connectivity index (χ1) is 16.7. The minimum absolute atomic E-state index is 0.147. The van der Waals surface area contributed by atoms with E-state index < -0.39 is 28.4 Å². The van der Waals surface area contributed by atoms with Crippen molar-refractivity contribution in [1.29, 1.82) is 0 Å². The second-order valence-corrected chi connectivity index (χ2v) is 8.19. The number of aliphatic hydroxyl groups is 1. The fraction of sp³-hybridized carbons (Fsp3) is 0.0800. The summed E-state index contributed by atoms with van der Waals surface area (Å²) in [7, 11) is 0. The van der Waals surface area contributed by atoms with Gasteiger partial charge in [0.05, 0.1) is 16.5 Å². The maximum Gasteiger partial charge on any atom is 0.300 e. The van der Waals surface area contributed by atoms with E-state index in [1.54, 1.807) is 48.5 Å². The maximum absolute atomic E-state index is 13.2. The normalized spacial score (nSPS) is 16.9. The number of carbonyl (C=O) groups is 3. The molecular formula is C25H18ClN3O6. The topological polar surface area (TPSA) is 130 Å². The number of amides is 2. The summed E-state index contributed by atoms with van der Waals surface area (Å²) in [5.41, 5.74) is 1.18. The van der Waals surface area contributed by atoms with Gasteiger partial charge >= 0.3 is 0 Å². The van der Waals surface area contributed by atoms with Crippen molar-refractivity contribution < 1.29 is 24.4 Å². The molecule has 0 aliphatic carbocycles. The van der Waals surface area contributed by atoms with Crippen LogP contribution in [0.5, 0.6) is 0 Å². The van der Waals surface area contributed by atoms with Crippen LogP contribution in [-0.4, -0.2) is 27.6 Å². The van der Waals surface area contributed by atoms with Gasteiger partial charge in [-0.25, -0.2) is 0 Å². The molecule has 1 aliphatic heterocycles. The third kappa shape index (κ3) is 4.62. The van der Waals surface area contributed by atoms with Gasteiger partial charge in [0, 0.05) is 41.0 Å². The lowest BCUT2D eigenvalue weighted by Gasteiger charge is -2.25. The number of hydrogen-bond donors (Lipinski definition) is 2. The summed E-state index contributed by atoms with van der Waals surface area (Å²) < 4.78 is 0. The van der Waals surface area contributed by atoms with Crippen molar-refractivity contribution in [2.75, 3.05) is 10.2 Å². The molecule has 10 heteroatoms. The van der Waals surface area contributed by atoms with Crippen LogP contribution in [0.4, 0.5) is 17.1 Å². The van der Waals surface area contributed by atoms with E-state index in [-0.39, 0.29) is 22.7 Å². The third-order valence-electron chi connectivity index (χ3n) is 5.45. The molecule has 0 radical (unpaired) electrons. The molecule has 0 spiro atoms. The largest absolute Gasteiger partial charge is 0.507 e. The summed E-state index contributed by atoms with van der Waals surface area (Å²) in [4.78, 5) is 49.3. The molecule has 2 N–H and O–H groups in total. The number of nitro groups is 1. The maximum atomic E-state index is 13.2. The van der Waals surface area contributed by atoms with Crippen LogP contribution in [0.25, 0.3) is 5.76 Å². The van der Waals surface area contributed by atoms with Crippen LogP contribution >= 0.6 is 11.6 Å². The van der Waals surface area contributed by atoms with E-state index in [1.807, 2.05) is 0 Å². The van der Waals surface area contributed by atoms with Gasteiger partial charge in [0.15, 0.2) is 0 Å². The van der Waals surface area contributed by atoms with E-state index in [0.717, 1.165) is 0 Å². The predicted octanol–water partition coefficient (Wildman–Crippen LogP) is 4.83. The van der Waals surface area contributed by atoms with Crippen molar-refractivity contribution in [3.8, 4) is 0 Å². The van der Waals surface area contributed by atoms with Crippen molar-refractivity contribution >= 4 is 52.0 Å². The Morgan fingerprint density at radius 2 is 1.60 bits per heavy atom. The number of rotatable bonds is 5. The molecule has 0 bridgehead atoms. The molecule has 1 fully saturated rings. The molecule has 1 aliphatic rings. The van der Waals surface area contributed by atoms with Crippen molar-refractivity contribution in [3.63, 3.8) is 0 Å². The molecule has 1 saturated heterocycles. The van der Waals surface area contributed by atoms with Gasteiger partial charge in [-0.05, 0) is 54.1 Å². The number of Topliss-reactive ketones (excluding diaryl/α,β-unsaturated/α-hetero) is 1. The second-order valence-electron chi connectivity index (χ2n) is 7.75. The molecule has 1 heterocycles. The summed E-state index contributed by atoms with van der Waals surface area (Å²) >= 11 is 6.02. The Kier molecular flexibility index (Phi) is 6.35. The van der Waals surface area contributed by atoms with Crippen LogP contribution in [0.3, 0.4) is 0 Å². The number of benzene rings is 3. The number of non-ortho nitro benzene ring substituents is 1. The second kappa shape index (κ2) is 9.40. The molecule has 1 atom stereocenters. The highest BCUT2D eigenvalue weighted by atomic mass is 35.5. The van der Waals surface area contributed by atoms with Gasteiger partial charge in [-0.3, -0.25) is 29.4 Å². The van der Waals surface area contributed by atoms with E-state index in [1.165, 1.54) is 36.1 Å². The molecular weight excluding hydrogens is 474 g/mol. The molecule has 2 amide bonds. The summed E-state index contributed by atoms with van der Waals surface area (Å²) in [6.45, 7) is 1.37. The summed E-state index contributed by atoms with van der Waals surface area (Å²) in [6, 6.07) is 16.8. The van der Waals surface area contributed by atoms with Crippen LogP contribution in [0.1, 0.15) is 24.1 Å². The Bertz CT molecular complexity index is 1370. The van der Waals surface area contributed by atoms with Crippen molar-refractivity contribution in [3.05, 3.63) is 105 Å². The summed E-state index contributed by atoms with van der Waals surface area (Å²) in [6.07, 6.45) is 0. The predicted molar refractivity (Wildman–Crippen MR) is 130 cm³/mol. The molecule has 176 valence electrons. The summed E-state index contributed by atoms with van der Waals surface area (Å²) in [5, 5.41) is 25.1. The molecule has 3 aromatic carbocycles. The highest BCUT2D eigenvalue weighted by Crippen LogP contribution is 2.42. The molecule has 9 nitrogen and oxygen atoms in total. The molecule has 0 aromatic heterocycles. The minimum atomic E-state index is -0.992. The van der Waals surface area contributed by atoms with Gasteiger partial charge in [0.2, 0.25) is 5.91 Å². The fourth-order valence-electron chi connectivity index (χ4n) is 3.86. The molecule has 35 heavy (non-hydrogen) atoms. The van der Waals surface area contributed by atoms with Crippen LogP contribution < -0.4 is 10.2 Å². The number of nitrogens with one attached hydrogen (secondary N) is 1. The van der Waals surface area contributed by atoms with Crippen LogP contribution in [-0.2, 0) is 14.4 Å². The molecule has 0 saturated carbocycles. The lowest BCUT2D eigenvalue weighted by atomic mass is 9.95. The number of carbonyl (C=O) groups excluding carboxylic acids is 3. The lowest BCUT2D eigenvalue weighted by molar-refractivity contribution is -0.384. The van der Waals surface area contributed by atoms with Crippen LogP contribution in [0, 0.1) is 10.1 Å². The molecule has 1 unspecified atom stereocenters. The molecule has 3 aromatic rings. The molecule has 4 rings (SSSR count). The van der Waals surface area contributed by atoms with Gasteiger partial charge in [0.1, 0.15) is 5.76 Å². The first-order valence-corrected chi connectivity index (χ1v) is 10.7. The van der Waals surface area contributed by atoms with Gasteiger partial charge in [-0.2, -0.15) is 0 Å². The van der Waals surface area contributed by atoms with E-state index in [2.05, 4.69) is 5.32 Å². The number of hydrogen-bond acceptors (Lipinski definition) is 6. The number of anilines is 2. The fourth-order valence-corrected chi connectivity index (χ4v) is 3.99. The number of nitrogens with zero attached hydrogens (tertiary/aromatic N) is 2. The third-order valence-corrected chi connectivity index (χ3v) is 5.70. The van der Waals surface area contributed by atoms with Gasteiger partial charge in [0.25, 0.3) is 17.4 Å². The lowest BCUT2D eigenvalue weighted by Crippen LogP contribution is -2.29. The summed E-state index contributed by atoms with van der Waals surface area (Å²) in [5.74, 6) is -2.49. The van der Waals surface area contributed by atoms with E-state index in [0.29, 0.717) is 22.0 Å². The van der Waals surface area contributed by atoms with Crippen LogP contribution in [0.2, 0.25) is 5.02 Å². The van der Waals surface area contributed by atoms with Crippen molar-refractivity contribution in [1.82, 2.24) is 0 Å². The Morgan fingerprint density at radius 3 is 2.14 bits per heavy atom. The van der Waals surface area contributed by atoms with Crippen LogP contribution in [0.15, 0.2) is 78.4 Å². The minimum Gasteiger partial charge on any atom is -0.507 e. The zero-order valence-corrected chi connectivity index (χ0v) is 19.0. The average Bonchev–Trinajstić information content (AvgIpc) is 3.10. The Hall–Kier alpha value is -4.50. The number of nitro benzene ring substituents is 1. The highest BCUT2D eigenvalue weighted by molar-refractivity contribution is 6.51. The SMILES string of the molecule is CC(=O)Nc1ccc(N2C(=O)C(=O)/C(=C(\O)c3ccc([N+](=O)[O-])cc3)C2c2ccc(Cl)cc2)cc1. The van der Waals surface area contributed by atoms with E-state index >= 15 is 0 Å². The first kappa shape index (κ1) is 23.7. The quantitative estimate of drug-likeness (QED) is 0.173. The Labute approximate surface area is 204 Å². The first-order valence-electron chi connectivity index (χ1n) is 10.4. The van der Waals surface area contributed by atoms with E-state index in [4.69, 9.17) is 11.6 Å². The smallest absolute Gasteiger partial charge is 0.300 e. The monoisotopic (exact) mass is 491 g/mol. The highest BCUT2D eigenvalue weighted by Gasteiger charge is 2.47. The Balaban J connectivity index is 1.85. The standard InChI is InChI=1S/C25H18ClN3O6/c1-14(30)27-18-8-12-19(13-9-18)28-22(15-2-6-17(26)7-3-15)21(24(32)25(28)33)23(31)16-4-10-20(11-5-16)29(34)35/h2-13,22,31H,1H3,(H,27,30)/b23-21-. The van der Waals surface area contributed by atoms with E-state index in [9.17, 15) is 29.6 Å². The van der Waals surface area contributed by atoms with Crippen molar-refractivity contribution in [2.24, 2.45) is 0 Å². The van der Waals surface area contributed by atoms with Gasteiger partial charge in [-0.1, -0.05) is 23.7 Å². The Morgan fingerprint density at radius 1 is 1.00 bits per heavy atom. The number of aliphatic hydroxyl groups excluding tert-OH is 1. The number of ketones is 1. The van der Waals surface area contributed by atoms with Gasteiger partial charge in [-0.15, -0.1) is 0 Å². The average molecular weight is 492 g/mol. The number of halogens is 1. The van der Waals surface area contributed by atoms with Gasteiger partial charge < -0.3 is 10.4 Å². The zero-order chi connectivity index (χ0) is 25.3. The van der Waals surface area contributed by atoms with Crippen molar-refractivity contribution in [2.45, 2.75) is 13.0 Å². The zero-order valence-electron chi connectivity index (χ0n) is 18.3.